The second-order valence-corrected chi connectivity index (χ2v) is 8.80. The lowest BCUT2D eigenvalue weighted by Crippen LogP contribution is -2.44. The zero-order valence-corrected chi connectivity index (χ0v) is 12.7. The maximum absolute atomic E-state index is 11.7. The monoisotopic (exact) mass is 292 g/mol. The summed E-state index contributed by atoms with van der Waals surface area (Å²) in [5.74, 6) is 2.46. The topological polar surface area (TPSA) is 49.4 Å². The third kappa shape index (κ3) is 4.11. The van der Waals surface area contributed by atoms with Crippen LogP contribution in [0.1, 0.15) is 19.3 Å². The maximum atomic E-state index is 11.7. The predicted molar refractivity (Wildman–Crippen MR) is 78.0 cm³/mol. The molecule has 2 rings (SSSR count). The Bertz CT molecular complexity index is 353. The number of hydrogen-bond acceptors (Lipinski definition) is 5. The van der Waals surface area contributed by atoms with Gasteiger partial charge in [0.05, 0.1) is 5.25 Å². The van der Waals surface area contributed by atoms with Crippen molar-refractivity contribution in [2.75, 3.05) is 43.9 Å². The van der Waals surface area contributed by atoms with Gasteiger partial charge in [-0.25, -0.2) is 8.42 Å². The molecule has 2 atom stereocenters. The molecule has 1 aliphatic carbocycles. The number of sulfone groups is 1. The van der Waals surface area contributed by atoms with Gasteiger partial charge in [0.2, 0.25) is 0 Å². The molecule has 0 spiro atoms. The van der Waals surface area contributed by atoms with Crippen molar-refractivity contribution >= 4 is 21.6 Å². The number of rotatable bonds is 5. The first-order valence-electron chi connectivity index (χ1n) is 6.80. The Morgan fingerprint density at radius 3 is 2.67 bits per heavy atom. The SMILES string of the molecule is CS(=O)(=O)C1CCCC1NCCN1CCSCC1. The van der Waals surface area contributed by atoms with E-state index >= 15 is 0 Å². The van der Waals surface area contributed by atoms with Crippen LogP contribution in [-0.4, -0.2) is 68.5 Å². The summed E-state index contributed by atoms with van der Waals surface area (Å²) in [4.78, 5) is 2.47. The summed E-state index contributed by atoms with van der Waals surface area (Å²) in [6.07, 6.45) is 4.25. The molecule has 2 fully saturated rings. The van der Waals surface area contributed by atoms with Crippen molar-refractivity contribution in [2.24, 2.45) is 0 Å². The van der Waals surface area contributed by atoms with Crippen LogP contribution in [0, 0.1) is 0 Å². The Hall–Kier alpha value is 0.220. The van der Waals surface area contributed by atoms with E-state index in [0.29, 0.717) is 0 Å². The molecule has 1 aliphatic heterocycles. The Kier molecular flexibility index (Phi) is 5.35. The van der Waals surface area contributed by atoms with Crippen molar-refractivity contribution in [1.82, 2.24) is 10.2 Å². The highest BCUT2D eigenvalue weighted by atomic mass is 32.2. The van der Waals surface area contributed by atoms with E-state index in [1.807, 2.05) is 11.8 Å². The van der Waals surface area contributed by atoms with Crippen molar-refractivity contribution < 1.29 is 8.42 Å². The Morgan fingerprint density at radius 2 is 2.00 bits per heavy atom. The van der Waals surface area contributed by atoms with Gasteiger partial charge in [-0.3, -0.25) is 0 Å². The fourth-order valence-electron chi connectivity index (χ4n) is 2.90. The number of nitrogens with zero attached hydrogens (tertiary/aromatic N) is 1. The highest BCUT2D eigenvalue weighted by Gasteiger charge is 2.34. The summed E-state index contributed by atoms with van der Waals surface area (Å²) in [6, 6.07) is 0.180. The molecule has 2 unspecified atom stereocenters. The van der Waals surface area contributed by atoms with Crippen LogP contribution in [0.25, 0.3) is 0 Å². The summed E-state index contributed by atoms with van der Waals surface area (Å²) < 4.78 is 23.3. The van der Waals surface area contributed by atoms with Gasteiger partial charge in [-0.1, -0.05) is 6.42 Å². The van der Waals surface area contributed by atoms with Gasteiger partial charge in [0.15, 0.2) is 9.84 Å². The molecule has 0 radical (unpaired) electrons. The van der Waals surface area contributed by atoms with E-state index in [1.54, 1.807) is 0 Å². The quantitative estimate of drug-likeness (QED) is 0.804. The molecule has 18 heavy (non-hydrogen) atoms. The average Bonchev–Trinajstić information content (AvgIpc) is 2.78. The van der Waals surface area contributed by atoms with Crippen LogP contribution < -0.4 is 5.32 Å². The molecule has 0 aromatic carbocycles. The van der Waals surface area contributed by atoms with Gasteiger partial charge in [-0.05, 0) is 12.8 Å². The Balaban J connectivity index is 1.72. The molecular formula is C12H24N2O2S2. The zero-order chi connectivity index (χ0) is 13.0. The van der Waals surface area contributed by atoms with E-state index in [4.69, 9.17) is 0 Å². The lowest BCUT2D eigenvalue weighted by molar-refractivity contribution is 0.295. The number of hydrogen-bond donors (Lipinski definition) is 1. The van der Waals surface area contributed by atoms with E-state index in [-0.39, 0.29) is 11.3 Å². The second-order valence-electron chi connectivity index (χ2n) is 5.31. The van der Waals surface area contributed by atoms with Crippen molar-refractivity contribution in [3.63, 3.8) is 0 Å². The number of thioether (sulfide) groups is 1. The van der Waals surface area contributed by atoms with Crippen LogP contribution in [0.5, 0.6) is 0 Å². The van der Waals surface area contributed by atoms with E-state index in [0.717, 1.165) is 32.4 Å². The lowest BCUT2D eigenvalue weighted by Gasteiger charge is -2.27. The fraction of sp³-hybridized carbons (Fsp3) is 1.00. The van der Waals surface area contributed by atoms with Crippen LogP contribution in [0.15, 0.2) is 0 Å². The minimum atomic E-state index is -2.89. The first-order valence-corrected chi connectivity index (χ1v) is 9.90. The normalized spacial score (nSPS) is 30.7. The summed E-state index contributed by atoms with van der Waals surface area (Å²) >= 11 is 2.02. The van der Waals surface area contributed by atoms with Gasteiger partial charge in [-0.2, -0.15) is 11.8 Å². The standard InChI is InChI=1S/C12H24N2O2S2/c1-18(15,16)12-4-2-3-11(12)13-5-6-14-7-9-17-10-8-14/h11-13H,2-10H2,1H3. The Labute approximate surface area is 115 Å². The molecule has 0 bridgehead atoms. The highest BCUT2D eigenvalue weighted by Crippen LogP contribution is 2.24. The molecule has 1 saturated carbocycles. The second kappa shape index (κ2) is 6.59. The molecule has 1 heterocycles. The minimum Gasteiger partial charge on any atom is -0.311 e. The molecule has 6 heteroatoms. The summed E-state index contributed by atoms with van der Waals surface area (Å²) in [5, 5.41) is 3.30. The van der Waals surface area contributed by atoms with Gasteiger partial charge in [0, 0.05) is 50.0 Å². The highest BCUT2D eigenvalue weighted by molar-refractivity contribution is 7.99. The average molecular weight is 292 g/mol. The van der Waals surface area contributed by atoms with Crippen molar-refractivity contribution in [2.45, 2.75) is 30.6 Å². The summed E-state index contributed by atoms with van der Waals surface area (Å²) in [6.45, 7) is 4.31. The van der Waals surface area contributed by atoms with Crippen molar-refractivity contribution in [3.05, 3.63) is 0 Å². The first kappa shape index (κ1) is 14.6. The molecule has 0 aromatic heterocycles. The van der Waals surface area contributed by atoms with Gasteiger partial charge in [-0.15, -0.1) is 0 Å². The minimum absolute atomic E-state index is 0.158. The largest absolute Gasteiger partial charge is 0.311 e. The summed E-state index contributed by atoms with van der Waals surface area (Å²) in [7, 11) is -2.89. The zero-order valence-electron chi connectivity index (χ0n) is 11.1. The lowest BCUT2D eigenvalue weighted by atomic mass is 10.2. The third-order valence-electron chi connectivity index (χ3n) is 3.94. The van der Waals surface area contributed by atoms with Crippen LogP contribution >= 0.6 is 11.8 Å². The van der Waals surface area contributed by atoms with Gasteiger partial charge >= 0.3 is 0 Å². The first-order chi connectivity index (χ1) is 8.57. The molecule has 106 valence electrons. The van der Waals surface area contributed by atoms with Crippen LogP contribution in [-0.2, 0) is 9.84 Å². The third-order valence-corrected chi connectivity index (χ3v) is 6.55. The van der Waals surface area contributed by atoms with Crippen molar-refractivity contribution in [1.29, 1.82) is 0 Å². The Morgan fingerprint density at radius 1 is 1.28 bits per heavy atom. The molecule has 1 saturated heterocycles. The van der Waals surface area contributed by atoms with Gasteiger partial charge in [0.25, 0.3) is 0 Å². The molecular weight excluding hydrogens is 268 g/mol. The maximum Gasteiger partial charge on any atom is 0.151 e. The smallest absolute Gasteiger partial charge is 0.151 e. The molecule has 1 N–H and O–H groups in total. The van der Waals surface area contributed by atoms with E-state index in [2.05, 4.69) is 10.2 Å². The van der Waals surface area contributed by atoms with Gasteiger partial charge in [0.1, 0.15) is 0 Å². The predicted octanol–water partition coefficient (Wildman–Crippen LogP) is 0.591. The molecule has 4 nitrogen and oxygen atoms in total. The van der Waals surface area contributed by atoms with E-state index in [1.165, 1.54) is 30.9 Å². The van der Waals surface area contributed by atoms with E-state index in [9.17, 15) is 8.42 Å². The van der Waals surface area contributed by atoms with Gasteiger partial charge < -0.3 is 10.2 Å². The summed E-state index contributed by atoms with van der Waals surface area (Å²) in [5.41, 5.74) is 0. The van der Waals surface area contributed by atoms with Crippen LogP contribution in [0.3, 0.4) is 0 Å². The fourth-order valence-corrected chi connectivity index (χ4v) is 5.31. The van der Waals surface area contributed by atoms with E-state index < -0.39 is 9.84 Å². The van der Waals surface area contributed by atoms with Crippen LogP contribution in [0.2, 0.25) is 0 Å². The molecule has 2 aliphatic rings. The van der Waals surface area contributed by atoms with Crippen LogP contribution in [0.4, 0.5) is 0 Å². The van der Waals surface area contributed by atoms with Crippen molar-refractivity contribution in [3.8, 4) is 0 Å². The molecule has 0 aromatic rings. The molecule has 0 amide bonds. The number of nitrogens with one attached hydrogen (secondary N) is 1.